The number of rotatable bonds is 4. The van der Waals surface area contributed by atoms with Gasteiger partial charge in [0.2, 0.25) is 0 Å². The predicted molar refractivity (Wildman–Crippen MR) is 161 cm³/mol. The smallest absolute Gasteiger partial charge is 0.341 e. The highest BCUT2D eigenvalue weighted by atomic mass is 35.5. The molecule has 11 heteroatoms. The van der Waals surface area contributed by atoms with Gasteiger partial charge in [-0.1, -0.05) is 50.0 Å². The summed E-state index contributed by atoms with van der Waals surface area (Å²) in [6.45, 7) is 11.4. The summed E-state index contributed by atoms with van der Waals surface area (Å²) >= 11 is 12.1. The molecule has 3 aromatic heterocycles. The number of benzene rings is 1. The van der Waals surface area contributed by atoms with Crippen molar-refractivity contribution >= 4 is 52.0 Å². The maximum Gasteiger partial charge on any atom is 0.341 e. The number of ether oxygens (including phenoxy) is 1. The summed E-state index contributed by atoms with van der Waals surface area (Å²) in [5.74, 6) is -0.579. The first-order valence-electron chi connectivity index (χ1n) is 13.4. The SMILES string of the molecule is COC(=O)c1ccc(N2CCN(C(=O)c3cc4nc(-c5ccc(Cl)c(F)c5)cc(C(C)(C)C)c4o3)C(C)(C)C2)nc1Cl. The van der Waals surface area contributed by atoms with Gasteiger partial charge in [0.1, 0.15) is 22.3 Å². The Morgan fingerprint density at radius 3 is 2.40 bits per heavy atom. The highest BCUT2D eigenvalue weighted by molar-refractivity contribution is 6.32. The first-order valence-corrected chi connectivity index (χ1v) is 14.2. The second kappa shape index (κ2) is 10.9. The maximum absolute atomic E-state index is 14.3. The Labute approximate surface area is 253 Å². The van der Waals surface area contributed by atoms with E-state index in [4.69, 9.17) is 37.3 Å². The van der Waals surface area contributed by atoms with E-state index in [0.29, 0.717) is 47.8 Å². The Morgan fingerprint density at radius 2 is 1.79 bits per heavy atom. The summed E-state index contributed by atoms with van der Waals surface area (Å²) in [5, 5.41) is 0.0904. The fourth-order valence-electron chi connectivity index (χ4n) is 5.21. The van der Waals surface area contributed by atoms with Crippen LogP contribution in [0.2, 0.25) is 10.2 Å². The largest absolute Gasteiger partial charge is 0.465 e. The molecule has 1 aliphatic rings. The summed E-state index contributed by atoms with van der Waals surface area (Å²) in [5.41, 5.74) is 2.25. The van der Waals surface area contributed by atoms with E-state index in [-0.39, 0.29) is 32.8 Å². The van der Waals surface area contributed by atoms with Crippen LogP contribution in [0.25, 0.3) is 22.4 Å². The lowest BCUT2D eigenvalue weighted by molar-refractivity contribution is 0.0482. The number of pyridine rings is 2. The lowest BCUT2D eigenvalue weighted by Gasteiger charge is -2.47. The van der Waals surface area contributed by atoms with Crippen molar-refractivity contribution in [3.8, 4) is 11.3 Å². The minimum Gasteiger partial charge on any atom is -0.465 e. The Morgan fingerprint density at radius 1 is 1.05 bits per heavy atom. The molecular weight excluding hydrogens is 582 g/mol. The molecule has 0 bridgehead atoms. The number of fused-ring (bicyclic) bond motifs is 1. The van der Waals surface area contributed by atoms with Crippen LogP contribution >= 0.6 is 23.2 Å². The number of carbonyl (C=O) groups is 2. The maximum atomic E-state index is 14.3. The molecule has 4 aromatic rings. The van der Waals surface area contributed by atoms with Crippen molar-refractivity contribution in [2.45, 2.75) is 45.6 Å². The van der Waals surface area contributed by atoms with E-state index in [1.807, 2.05) is 45.6 Å². The monoisotopic (exact) mass is 612 g/mol. The third-order valence-electron chi connectivity index (χ3n) is 7.42. The van der Waals surface area contributed by atoms with Gasteiger partial charge in [-0.05, 0) is 49.6 Å². The van der Waals surface area contributed by atoms with Crippen LogP contribution in [0.5, 0.6) is 0 Å². The number of methoxy groups -OCH3 is 1. The van der Waals surface area contributed by atoms with E-state index in [0.717, 1.165) is 5.56 Å². The molecule has 42 heavy (non-hydrogen) atoms. The van der Waals surface area contributed by atoms with Gasteiger partial charge in [0.25, 0.3) is 5.91 Å². The molecule has 0 N–H and O–H groups in total. The van der Waals surface area contributed by atoms with E-state index < -0.39 is 17.3 Å². The third-order valence-corrected chi connectivity index (χ3v) is 8.02. The van der Waals surface area contributed by atoms with Crippen molar-refractivity contribution in [3.63, 3.8) is 0 Å². The van der Waals surface area contributed by atoms with Crippen molar-refractivity contribution in [1.29, 1.82) is 0 Å². The lowest BCUT2D eigenvalue weighted by atomic mass is 9.86. The summed E-state index contributed by atoms with van der Waals surface area (Å²) in [7, 11) is 1.28. The number of hydrogen-bond donors (Lipinski definition) is 0. The second-order valence-electron chi connectivity index (χ2n) is 11.9. The van der Waals surface area contributed by atoms with E-state index >= 15 is 0 Å². The van der Waals surface area contributed by atoms with Crippen molar-refractivity contribution in [2.24, 2.45) is 0 Å². The third kappa shape index (κ3) is 5.55. The van der Waals surface area contributed by atoms with Crippen molar-refractivity contribution in [1.82, 2.24) is 14.9 Å². The molecule has 1 amide bonds. The predicted octanol–water partition coefficient (Wildman–Crippen LogP) is 7.16. The van der Waals surface area contributed by atoms with Crippen molar-refractivity contribution in [3.05, 3.63) is 75.3 Å². The standard InChI is InChI=1S/C31H31Cl2FN4O4/c1-30(2,3)19-14-22(17-7-9-20(32)21(34)13-17)35-23-15-24(42-26(19)23)28(39)38-12-11-37(16-31(38,4)5)25-10-8-18(27(33)36-25)29(40)41-6/h7-10,13-15H,11-12,16H2,1-6H3. The normalized spacial score (nSPS) is 15.3. The molecule has 1 saturated heterocycles. The highest BCUT2D eigenvalue weighted by Gasteiger charge is 2.39. The Hall–Kier alpha value is -3.69. The summed E-state index contributed by atoms with van der Waals surface area (Å²) in [4.78, 5) is 38.7. The Kier molecular flexibility index (Phi) is 7.70. The molecule has 1 aromatic carbocycles. The van der Waals surface area contributed by atoms with Gasteiger partial charge < -0.3 is 19.0 Å². The zero-order valence-electron chi connectivity index (χ0n) is 24.2. The number of furan rings is 1. The Bertz CT molecular complexity index is 1710. The van der Waals surface area contributed by atoms with E-state index in [1.165, 1.54) is 19.2 Å². The molecule has 220 valence electrons. The van der Waals surface area contributed by atoms with Gasteiger partial charge in [-0.15, -0.1) is 0 Å². The molecule has 0 aliphatic carbocycles. The molecule has 0 unspecified atom stereocenters. The van der Waals surface area contributed by atoms with Gasteiger partial charge in [0.05, 0.1) is 28.9 Å². The molecule has 0 saturated carbocycles. The number of hydrogen-bond acceptors (Lipinski definition) is 7. The van der Waals surface area contributed by atoms with Crippen LogP contribution in [-0.2, 0) is 10.2 Å². The first-order chi connectivity index (χ1) is 19.7. The molecule has 1 fully saturated rings. The van der Waals surface area contributed by atoms with Crippen molar-refractivity contribution < 1.29 is 23.1 Å². The van der Waals surface area contributed by atoms with Gasteiger partial charge in [0, 0.05) is 36.8 Å². The number of esters is 1. The van der Waals surface area contributed by atoms with Gasteiger partial charge in [0.15, 0.2) is 11.3 Å². The number of aromatic nitrogens is 2. The van der Waals surface area contributed by atoms with Crippen LogP contribution in [-0.4, -0.2) is 59.0 Å². The zero-order valence-corrected chi connectivity index (χ0v) is 25.7. The fourth-order valence-corrected chi connectivity index (χ4v) is 5.55. The molecule has 4 heterocycles. The average molecular weight is 614 g/mol. The summed E-state index contributed by atoms with van der Waals surface area (Å²) < 4.78 is 25.2. The average Bonchev–Trinajstić information content (AvgIpc) is 3.36. The summed E-state index contributed by atoms with van der Waals surface area (Å²) in [6.07, 6.45) is 0. The zero-order chi connectivity index (χ0) is 30.6. The number of carbonyl (C=O) groups excluding carboxylic acids is 2. The second-order valence-corrected chi connectivity index (χ2v) is 12.7. The Balaban J connectivity index is 1.45. The molecule has 0 atom stereocenters. The number of anilines is 1. The van der Waals surface area contributed by atoms with Crippen LogP contribution in [0.1, 0.15) is 61.1 Å². The minimum atomic E-state index is -0.601. The van der Waals surface area contributed by atoms with Gasteiger partial charge in [-0.3, -0.25) is 4.79 Å². The number of nitrogens with zero attached hydrogens (tertiary/aromatic N) is 4. The number of halogens is 3. The molecule has 0 radical (unpaired) electrons. The fraction of sp³-hybridized carbons (Fsp3) is 0.355. The van der Waals surface area contributed by atoms with E-state index in [9.17, 15) is 14.0 Å². The topological polar surface area (TPSA) is 88.8 Å². The van der Waals surface area contributed by atoms with Gasteiger partial charge >= 0.3 is 5.97 Å². The lowest BCUT2D eigenvalue weighted by Crippen LogP contribution is -2.61. The molecule has 5 rings (SSSR count). The van der Waals surface area contributed by atoms with Crippen LogP contribution in [0.4, 0.5) is 10.2 Å². The minimum absolute atomic E-state index is 0.0341. The van der Waals surface area contributed by atoms with E-state index in [2.05, 4.69) is 4.98 Å². The van der Waals surface area contributed by atoms with E-state index in [1.54, 1.807) is 29.2 Å². The number of amides is 1. The van der Waals surface area contributed by atoms with Crippen LogP contribution < -0.4 is 4.90 Å². The number of piperazine rings is 1. The van der Waals surface area contributed by atoms with Gasteiger partial charge in [-0.25, -0.2) is 19.2 Å². The molecule has 1 aliphatic heterocycles. The van der Waals surface area contributed by atoms with Crippen LogP contribution in [0, 0.1) is 5.82 Å². The molecular formula is C31H31Cl2FN4O4. The first kappa shape index (κ1) is 29.8. The molecule has 0 spiro atoms. The van der Waals surface area contributed by atoms with Crippen molar-refractivity contribution in [2.75, 3.05) is 31.6 Å². The molecule has 8 nitrogen and oxygen atoms in total. The van der Waals surface area contributed by atoms with Crippen LogP contribution in [0.3, 0.4) is 0 Å². The summed E-state index contributed by atoms with van der Waals surface area (Å²) in [6, 6.07) is 11.4. The quantitative estimate of drug-likeness (QED) is 0.178. The highest BCUT2D eigenvalue weighted by Crippen LogP contribution is 2.36. The van der Waals surface area contributed by atoms with Crippen LogP contribution in [0.15, 0.2) is 46.9 Å². The van der Waals surface area contributed by atoms with Gasteiger partial charge in [-0.2, -0.15) is 0 Å².